The molecule has 186 valence electrons. The van der Waals surface area contributed by atoms with Gasteiger partial charge in [0.05, 0.1) is 17.5 Å². The first-order valence-electron chi connectivity index (χ1n) is 10.9. The predicted octanol–water partition coefficient (Wildman–Crippen LogP) is 7.74. The third kappa shape index (κ3) is 5.73. The van der Waals surface area contributed by atoms with E-state index in [1.807, 2.05) is 30.3 Å². The summed E-state index contributed by atoms with van der Waals surface area (Å²) in [5.41, 5.74) is 2.38. The van der Waals surface area contributed by atoms with Crippen molar-refractivity contribution in [1.82, 2.24) is 4.90 Å². The summed E-state index contributed by atoms with van der Waals surface area (Å²) in [5.74, 6) is 0.570. The van der Waals surface area contributed by atoms with Gasteiger partial charge in [-0.25, -0.2) is 4.90 Å². The molecule has 1 N–H and O–H groups in total. The minimum absolute atomic E-state index is 0.0145. The first-order valence-corrected chi connectivity index (χ1v) is 13.8. The van der Waals surface area contributed by atoms with Crippen molar-refractivity contribution in [2.24, 2.45) is 9.39 Å². The van der Waals surface area contributed by atoms with Crippen LogP contribution in [0, 0.1) is 5.41 Å². The van der Waals surface area contributed by atoms with Gasteiger partial charge in [-0.1, -0.05) is 83.0 Å². The van der Waals surface area contributed by atoms with Crippen molar-refractivity contribution in [2.75, 3.05) is 0 Å². The van der Waals surface area contributed by atoms with E-state index in [0.29, 0.717) is 48.0 Å². The number of hydrogen-bond donors (Lipinski definition) is 1. The third-order valence-electron chi connectivity index (χ3n) is 5.41. The zero-order valence-corrected chi connectivity index (χ0v) is 22.9. The SMILES string of the molecule is N=C1/C(=C/c2cc(Cl)ccc2OCc2c(Cl)cccc2Cl)C(=O)N=C2SN=C(SCc3ccccc3)N12. The van der Waals surface area contributed by atoms with Crippen LogP contribution in [0.2, 0.25) is 15.1 Å². The largest absolute Gasteiger partial charge is 0.488 e. The number of carbonyl (C=O) groups is 1. The van der Waals surface area contributed by atoms with Crippen LogP contribution in [0.15, 0.2) is 81.7 Å². The Bertz CT molecular complexity index is 1470. The number of hydrogen-bond acceptors (Lipinski definition) is 6. The van der Waals surface area contributed by atoms with Crippen molar-refractivity contribution in [3.63, 3.8) is 0 Å². The molecule has 0 unspecified atom stereocenters. The summed E-state index contributed by atoms with van der Waals surface area (Å²) in [5, 5.41) is 11.2. The van der Waals surface area contributed by atoms with E-state index < -0.39 is 5.91 Å². The second-order valence-electron chi connectivity index (χ2n) is 7.85. The Labute approximate surface area is 237 Å². The van der Waals surface area contributed by atoms with Gasteiger partial charge in [-0.2, -0.15) is 9.39 Å². The molecule has 5 rings (SSSR count). The Morgan fingerprint density at radius 2 is 1.78 bits per heavy atom. The molecule has 0 bridgehead atoms. The molecule has 0 atom stereocenters. The molecule has 3 aromatic rings. The van der Waals surface area contributed by atoms with Crippen molar-refractivity contribution >= 4 is 86.7 Å². The number of halogens is 3. The monoisotopic (exact) mass is 586 g/mol. The zero-order chi connectivity index (χ0) is 25.9. The number of thioether (sulfide) groups is 1. The maximum absolute atomic E-state index is 12.9. The van der Waals surface area contributed by atoms with Crippen LogP contribution in [0.3, 0.4) is 0 Å². The predicted molar refractivity (Wildman–Crippen MR) is 155 cm³/mol. The lowest BCUT2D eigenvalue weighted by molar-refractivity contribution is -0.114. The Morgan fingerprint density at radius 3 is 2.54 bits per heavy atom. The maximum Gasteiger partial charge on any atom is 0.283 e. The summed E-state index contributed by atoms with van der Waals surface area (Å²) in [6.07, 6.45) is 1.56. The summed E-state index contributed by atoms with van der Waals surface area (Å²) in [6.45, 7) is 0.111. The molecule has 0 saturated carbocycles. The van der Waals surface area contributed by atoms with Gasteiger partial charge in [0.2, 0.25) is 5.17 Å². The molecule has 0 aromatic heterocycles. The zero-order valence-electron chi connectivity index (χ0n) is 19.0. The Hall–Kier alpha value is -2.75. The lowest BCUT2D eigenvalue weighted by atomic mass is 10.1. The molecule has 0 saturated heterocycles. The van der Waals surface area contributed by atoms with Crippen molar-refractivity contribution in [2.45, 2.75) is 12.4 Å². The molecule has 1 amide bonds. The fourth-order valence-corrected chi connectivity index (χ4v) is 6.04. The second-order valence-corrected chi connectivity index (χ2v) is 10.8. The van der Waals surface area contributed by atoms with Gasteiger partial charge in [-0.15, -0.1) is 0 Å². The van der Waals surface area contributed by atoms with Crippen LogP contribution in [0.4, 0.5) is 0 Å². The van der Waals surface area contributed by atoms with E-state index in [2.05, 4.69) is 9.39 Å². The van der Waals surface area contributed by atoms with Crippen molar-refractivity contribution in [1.29, 1.82) is 5.41 Å². The van der Waals surface area contributed by atoms with E-state index in [1.54, 1.807) is 47.4 Å². The average Bonchev–Trinajstić information content (AvgIpc) is 3.29. The van der Waals surface area contributed by atoms with Crippen LogP contribution in [0.25, 0.3) is 6.08 Å². The molecule has 0 spiro atoms. The maximum atomic E-state index is 12.9. The van der Waals surface area contributed by atoms with E-state index in [9.17, 15) is 4.79 Å². The van der Waals surface area contributed by atoms with E-state index in [4.69, 9.17) is 44.9 Å². The number of fused-ring (bicyclic) bond motifs is 1. The fourth-order valence-electron chi connectivity index (χ4n) is 3.56. The van der Waals surface area contributed by atoms with Crippen LogP contribution in [-0.4, -0.2) is 27.0 Å². The first-order chi connectivity index (χ1) is 17.9. The molecule has 0 aliphatic carbocycles. The summed E-state index contributed by atoms with van der Waals surface area (Å²) < 4.78 is 10.4. The number of nitrogens with zero attached hydrogens (tertiary/aromatic N) is 3. The van der Waals surface area contributed by atoms with Gasteiger partial charge in [0, 0.05) is 31.9 Å². The standard InChI is InChI=1S/C26H17Cl3N4O2S2/c27-17-9-10-22(35-13-19-20(28)7-4-8-21(19)29)16(11-17)12-18-23(30)33-25(31-24(18)34)37-32-26(33)36-14-15-5-2-1-3-6-15/h1-12,30H,13-14H2/b18-12-,30-23?. The van der Waals surface area contributed by atoms with Crippen LogP contribution in [-0.2, 0) is 17.2 Å². The Morgan fingerprint density at radius 1 is 1.03 bits per heavy atom. The number of amides is 1. The molecule has 2 aliphatic heterocycles. The highest BCUT2D eigenvalue weighted by Crippen LogP contribution is 2.35. The highest BCUT2D eigenvalue weighted by atomic mass is 35.5. The van der Waals surface area contributed by atoms with Crippen LogP contribution in [0.1, 0.15) is 16.7 Å². The fraction of sp³-hybridized carbons (Fsp3) is 0.0769. The summed E-state index contributed by atoms with van der Waals surface area (Å²) in [7, 11) is 0. The topological polar surface area (TPSA) is 78.1 Å². The van der Waals surface area contributed by atoms with Crippen molar-refractivity contribution in [3.05, 3.63) is 104 Å². The van der Waals surface area contributed by atoms with E-state index in [1.165, 1.54) is 11.8 Å². The molecule has 3 aromatic carbocycles. The number of aliphatic imine (C=N–C) groups is 1. The second kappa shape index (κ2) is 11.3. The van der Waals surface area contributed by atoms with Crippen molar-refractivity contribution < 1.29 is 9.53 Å². The normalized spacial score (nSPS) is 16.1. The Kier molecular flexibility index (Phi) is 7.92. The van der Waals surface area contributed by atoms with Crippen LogP contribution >= 0.6 is 58.5 Å². The quantitative estimate of drug-likeness (QED) is 0.236. The highest BCUT2D eigenvalue weighted by Gasteiger charge is 2.37. The summed E-state index contributed by atoms with van der Waals surface area (Å²) >= 11 is 21.4. The lowest BCUT2D eigenvalue weighted by Crippen LogP contribution is -2.41. The summed E-state index contributed by atoms with van der Waals surface area (Å²) in [6, 6.07) is 20.2. The molecule has 2 heterocycles. The molecule has 6 nitrogen and oxygen atoms in total. The van der Waals surface area contributed by atoms with Gasteiger partial charge in [0.1, 0.15) is 18.2 Å². The Balaban J connectivity index is 1.40. The first kappa shape index (κ1) is 25.9. The molecule has 2 aliphatic rings. The molecule has 11 heteroatoms. The van der Waals surface area contributed by atoms with E-state index in [0.717, 1.165) is 17.5 Å². The van der Waals surface area contributed by atoms with Gasteiger partial charge in [0.15, 0.2) is 5.17 Å². The number of ether oxygens (including phenoxy) is 1. The van der Waals surface area contributed by atoms with Gasteiger partial charge in [0.25, 0.3) is 5.91 Å². The average molecular weight is 588 g/mol. The number of nitrogens with one attached hydrogen (secondary N) is 1. The van der Waals surface area contributed by atoms with Gasteiger partial charge in [-0.05, 0) is 42.0 Å². The van der Waals surface area contributed by atoms with Gasteiger partial charge >= 0.3 is 0 Å². The molecular weight excluding hydrogens is 571 g/mol. The molecule has 37 heavy (non-hydrogen) atoms. The molecule has 0 fully saturated rings. The van der Waals surface area contributed by atoms with E-state index in [-0.39, 0.29) is 18.0 Å². The smallest absolute Gasteiger partial charge is 0.283 e. The molecular formula is C26H17Cl3N4O2S2. The van der Waals surface area contributed by atoms with Gasteiger partial charge in [-0.3, -0.25) is 10.2 Å². The van der Waals surface area contributed by atoms with E-state index >= 15 is 0 Å². The number of rotatable bonds is 6. The van der Waals surface area contributed by atoms with Crippen molar-refractivity contribution in [3.8, 4) is 5.75 Å². The number of amidine groups is 3. The number of carbonyl (C=O) groups excluding carboxylic acids is 1. The summed E-state index contributed by atoms with van der Waals surface area (Å²) in [4.78, 5) is 18.7. The molecule has 0 radical (unpaired) electrons. The minimum atomic E-state index is -0.534. The lowest BCUT2D eigenvalue weighted by Gasteiger charge is -2.24. The van der Waals surface area contributed by atoms with Gasteiger partial charge < -0.3 is 4.74 Å². The highest BCUT2D eigenvalue weighted by molar-refractivity contribution is 8.18. The van der Waals surface area contributed by atoms with Crippen LogP contribution in [0.5, 0.6) is 5.75 Å². The number of benzene rings is 3. The third-order valence-corrected chi connectivity index (χ3v) is 8.18. The minimum Gasteiger partial charge on any atom is -0.488 e. The van der Waals surface area contributed by atoms with Crippen LogP contribution < -0.4 is 4.74 Å².